The predicted octanol–water partition coefficient (Wildman–Crippen LogP) is 4.67. The highest BCUT2D eigenvalue weighted by molar-refractivity contribution is 9.10. The van der Waals surface area contributed by atoms with Crippen LogP contribution in [0.15, 0.2) is 56.3 Å². The van der Waals surface area contributed by atoms with Crippen molar-refractivity contribution in [3.05, 3.63) is 56.4 Å². The normalized spacial score (nSPS) is 11.3. The van der Waals surface area contributed by atoms with Gasteiger partial charge in [0.05, 0.1) is 10.7 Å². The SMILES string of the molecule is O=S(=O)(Nc1ccccc1Br)c1ccc(Br)cc1Cl. The molecule has 2 aromatic rings. The molecule has 100 valence electrons. The lowest BCUT2D eigenvalue weighted by Gasteiger charge is -2.11. The fourth-order valence-electron chi connectivity index (χ4n) is 1.44. The maximum absolute atomic E-state index is 12.3. The summed E-state index contributed by atoms with van der Waals surface area (Å²) in [5.74, 6) is 0. The average molecular weight is 426 g/mol. The molecule has 7 heteroatoms. The van der Waals surface area contributed by atoms with Crippen molar-refractivity contribution in [2.75, 3.05) is 4.72 Å². The van der Waals surface area contributed by atoms with Gasteiger partial charge in [-0.25, -0.2) is 8.42 Å². The summed E-state index contributed by atoms with van der Waals surface area (Å²) in [6.07, 6.45) is 0. The second kappa shape index (κ2) is 5.83. The van der Waals surface area contributed by atoms with Crippen LogP contribution in [0, 0.1) is 0 Å². The van der Waals surface area contributed by atoms with E-state index >= 15 is 0 Å². The van der Waals surface area contributed by atoms with E-state index in [4.69, 9.17) is 11.6 Å². The van der Waals surface area contributed by atoms with Gasteiger partial charge in [-0.3, -0.25) is 4.72 Å². The van der Waals surface area contributed by atoms with Gasteiger partial charge in [-0.2, -0.15) is 0 Å². The quantitative estimate of drug-likeness (QED) is 0.777. The number of benzene rings is 2. The minimum atomic E-state index is -3.72. The molecule has 0 aromatic heterocycles. The van der Waals surface area contributed by atoms with E-state index in [2.05, 4.69) is 36.6 Å². The Hall–Kier alpha value is -0.560. The molecule has 3 nitrogen and oxygen atoms in total. The zero-order chi connectivity index (χ0) is 14.0. The van der Waals surface area contributed by atoms with Crippen LogP contribution >= 0.6 is 43.5 Å². The lowest BCUT2D eigenvalue weighted by molar-refractivity contribution is 0.601. The zero-order valence-electron chi connectivity index (χ0n) is 9.40. The van der Waals surface area contributed by atoms with Crippen molar-refractivity contribution in [2.45, 2.75) is 4.90 Å². The van der Waals surface area contributed by atoms with Crippen molar-refractivity contribution in [1.82, 2.24) is 0 Å². The first-order valence-electron chi connectivity index (χ1n) is 5.12. The standard InChI is InChI=1S/C12H8Br2ClNO2S/c13-8-5-6-12(10(15)7-8)19(17,18)16-11-4-2-1-3-9(11)14/h1-7,16H. The first-order valence-corrected chi connectivity index (χ1v) is 8.57. The van der Waals surface area contributed by atoms with Gasteiger partial charge in [-0.1, -0.05) is 39.7 Å². The number of halogens is 3. The van der Waals surface area contributed by atoms with Crippen LogP contribution in [0.1, 0.15) is 0 Å². The van der Waals surface area contributed by atoms with Gasteiger partial charge in [0.25, 0.3) is 10.0 Å². The van der Waals surface area contributed by atoms with E-state index in [0.717, 1.165) is 4.47 Å². The minimum Gasteiger partial charge on any atom is -0.278 e. The molecule has 19 heavy (non-hydrogen) atoms. The van der Waals surface area contributed by atoms with E-state index in [9.17, 15) is 8.42 Å². The minimum absolute atomic E-state index is 0.0353. The van der Waals surface area contributed by atoms with Crippen molar-refractivity contribution >= 4 is 59.2 Å². The Morgan fingerprint density at radius 1 is 1.05 bits per heavy atom. The Balaban J connectivity index is 2.41. The van der Waals surface area contributed by atoms with Crippen LogP contribution in [0.25, 0.3) is 0 Å². The highest BCUT2D eigenvalue weighted by Crippen LogP contribution is 2.29. The summed E-state index contributed by atoms with van der Waals surface area (Å²) < 4.78 is 28.4. The van der Waals surface area contributed by atoms with E-state index in [-0.39, 0.29) is 9.92 Å². The number of anilines is 1. The largest absolute Gasteiger partial charge is 0.278 e. The van der Waals surface area contributed by atoms with Crippen molar-refractivity contribution in [2.24, 2.45) is 0 Å². The molecule has 0 radical (unpaired) electrons. The Kier molecular flexibility index (Phi) is 4.55. The van der Waals surface area contributed by atoms with Gasteiger partial charge in [-0.15, -0.1) is 0 Å². The highest BCUT2D eigenvalue weighted by atomic mass is 79.9. The van der Waals surface area contributed by atoms with Gasteiger partial charge in [0.2, 0.25) is 0 Å². The molecular formula is C12H8Br2ClNO2S. The molecule has 0 fully saturated rings. The van der Waals surface area contributed by atoms with Crippen molar-refractivity contribution in [1.29, 1.82) is 0 Å². The van der Waals surface area contributed by atoms with Crippen molar-refractivity contribution in [3.8, 4) is 0 Å². The first-order chi connectivity index (χ1) is 8.90. The van der Waals surface area contributed by atoms with Gasteiger partial charge >= 0.3 is 0 Å². The molecule has 0 aliphatic heterocycles. The second-order valence-corrected chi connectivity index (χ2v) is 7.49. The number of sulfonamides is 1. The van der Waals surface area contributed by atoms with Gasteiger partial charge in [0.15, 0.2) is 0 Å². The van der Waals surface area contributed by atoms with Gasteiger partial charge < -0.3 is 0 Å². The van der Waals surface area contributed by atoms with Crippen molar-refractivity contribution in [3.63, 3.8) is 0 Å². The fourth-order valence-corrected chi connectivity index (χ4v) is 4.07. The van der Waals surface area contributed by atoms with Crippen LogP contribution < -0.4 is 4.72 Å². The first kappa shape index (κ1) is 14.8. The lowest BCUT2D eigenvalue weighted by atomic mass is 10.3. The molecule has 0 aliphatic carbocycles. The smallest absolute Gasteiger partial charge is 0.263 e. The third kappa shape index (κ3) is 3.51. The van der Waals surface area contributed by atoms with E-state index < -0.39 is 10.0 Å². The summed E-state index contributed by atoms with van der Waals surface area (Å²) in [7, 11) is -3.72. The lowest BCUT2D eigenvalue weighted by Crippen LogP contribution is -2.13. The molecule has 2 rings (SSSR count). The van der Waals surface area contributed by atoms with Crippen LogP contribution in [-0.4, -0.2) is 8.42 Å². The number of hydrogen-bond acceptors (Lipinski definition) is 2. The van der Waals surface area contributed by atoms with Crippen LogP contribution in [0.4, 0.5) is 5.69 Å². The molecule has 0 bridgehead atoms. The van der Waals surface area contributed by atoms with Crippen LogP contribution in [0.2, 0.25) is 5.02 Å². The average Bonchev–Trinajstić information content (AvgIpc) is 2.31. The van der Waals surface area contributed by atoms with Crippen LogP contribution in [-0.2, 0) is 10.0 Å². The molecule has 0 spiro atoms. The van der Waals surface area contributed by atoms with Crippen LogP contribution in [0.3, 0.4) is 0 Å². The molecule has 0 aliphatic rings. The Morgan fingerprint density at radius 2 is 1.74 bits per heavy atom. The van der Waals surface area contributed by atoms with Gasteiger partial charge in [0.1, 0.15) is 4.90 Å². The van der Waals surface area contributed by atoms with E-state index in [1.165, 1.54) is 12.1 Å². The zero-order valence-corrected chi connectivity index (χ0v) is 14.1. The monoisotopic (exact) mass is 423 g/mol. The Bertz CT molecular complexity index is 719. The number of para-hydroxylation sites is 1. The van der Waals surface area contributed by atoms with E-state index in [1.807, 2.05) is 0 Å². The third-order valence-corrected chi connectivity index (χ3v) is 5.33. The summed E-state index contributed by atoms with van der Waals surface area (Å²) in [5.41, 5.74) is 0.460. The number of nitrogens with one attached hydrogen (secondary N) is 1. The molecule has 0 atom stereocenters. The summed E-state index contributed by atoms with van der Waals surface area (Å²) in [6, 6.07) is 11.6. The van der Waals surface area contributed by atoms with Crippen molar-refractivity contribution < 1.29 is 8.42 Å². The predicted molar refractivity (Wildman–Crippen MR) is 84.1 cm³/mol. The van der Waals surface area contributed by atoms with Gasteiger partial charge in [0, 0.05) is 8.95 Å². The van der Waals surface area contributed by atoms with Gasteiger partial charge in [-0.05, 0) is 46.3 Å². The summed E-state index contributed by atoms with van der Waals surface area (Å²) in [4.78, 5) is 0.0353. The number of hydrogen-bond donors (Lipinski definition) is 1. The van der Waals surface area contributed by atoms with E-state index in [1.54, 1.807) is 30.3 Å². The molecule has 0 heterocycles. The molecule has 0 unspecified atom stereocenters. The summed E-state index contributed by atoms with van der Waals surface area (Å²) in [6.45, 7) is 0. The number of rotatable bonds is 3. The third-order valence-electron chi connectivity index (χ3n) is 2.30. The summed E-state index contributed by atoms with van der Waals surface area (Å²) in [5, 5.41) is 0.161. The molecular weight excluding hydrogens is 417 g/mol. The topological polar surface area (TPSA) is 46.2 Å². The highest BCUT2D eigenvalue weighted by Gasteiger charge is 2.18. The second-order valence-electron chi connectivity index (χ2n) is 3.66. The molecule has 1 N–H and O–H groups in total. The van der Waals surface area contributed by atoms with E-state index in [0.29, 0.717) is 10.2 Å². The molecule has 0 amide bonds. The fraction of sp³-hybridized carbons (Fsp3) is 0. The Labute approximate surface area is 133 Å². The molecule has 0 saturated carbocycles. The Morgan fingerprint density at radius 3 is 2.37 bits per heavy atom. The summed E-state index contributed by atoms with van der Waals surface area (Å²) >= 11 is 12.5. The molecule has 2 aromatic carbocycles. The maximum atomic E-state index is 12.3. The maximum Gasteiger partial charge on any atom is 0.263 e. The van der Waals surface area contributed by atoms with Crippen LogP contribution in [0.5, 0.6) is 0 Å². The molecule has 0 saturated heterocycles.